The summed E-state index contributed by atoms with van der Waals surface area (Å²) in [4.78, 5) is 30.5. The molecule has 1 aliphatic carbocycles. The molecule has 0 saturated carbocycles. The quantitative estimate of drug-likeness (QED) is 0.472. The highest BCUT2D eigenvalue weighted by Crippen LogP contribution is 2.28. The van der Waals surface area contributed by atoms with E-state index in [0.717, 1.165) is 54.9 Å². The van der Waals surface area contributed by atoms with E-state index in [1.165, 1.54) is 28.0 Å². The minimum absolute atomic E-state index is 0.157. The number of thioether (sulfide) groups is 1. The van der Waals surface area contributed by atoms with Crippen LogP contribution in [0.1, 0.15) is 36.0 Å². The van der Waals surface area contributed by atoms with Gasteiger partial charge in [-0.25, -0.2) is 4.79 Å². The number of nitrogens with zero attached hydrogens (tertiary/aromatic N) is 4. The standard InChI is InChI=1S/C18H26N6O2S2/c1-4-15-21-22-17(28-15)19-14(25)11-27-16-12-7-5-6-8-13(12)24(18(26)20-16)10-9-23(2)3/h4-11H2,1-3H3,(H,19,22,25)/p+1. The summed E-state index contributed by atoms with van der Waals surface area (Å²) in [5.74, 6) is 0.0433. The Labute approximate surface area is 172 Å². The van der Waals surface area contributed by atoms with Gasteiger partial charge in [-0.15, -0.1) is 10.2 Å². The Hall–Kier alpha value is -1.78. The largest absolute Gasteiger partial charge is 0.349 e. The number of fused-ring (bicyclic) bond motifs is 1. The van der Waals surface area contributed by atoms with Crippen molar-refractivity contribution in [1.29, 1.82) is 0 Å². The molecule has 0 unspecified atom stereocenters. The molecule has 2 aromatic rings. The number of amides is 1. The molecule has 0 saturated heterocycles. The van der Waals surface area contributed by atoms with E-state index in [0.29, 0.717) is 16.7 Å². The van der Waals surface area contributed by atoms with Gasteiger partial charge in [0.1, 0.15) is 10.0 Å². The van der Waals surface area contributed by atoms with E-state index in [-0.39, 0.29) is 17.3 Å². The highest BCUT2D eigenvalue weighted by molar-refractivity contribution is 8.00. The number of carbonyl (C=O) groups is 1. The number of anilines is 1. The number of hydrogen-bond donors (Lipinski definition) is 2. The fraction of sp³-hybridized carbons (Fsp3) is 0.611. The molecule has 1 aliphatic rings. The highest BCUT2D eigenvalue weighted by Gasteiger charge is 2.21. The van der Waals surface area contributed by atoms with Gasteiger partial charge in [-0.1, -0.05) is 30.0 Å². The number of hydrogen-bond acceptors (Lipinski definition) is 7. The molecule has 0 atom stereocenters. The molecule has 0 aliphatic heterocycles. The van der Waals surface area contributed by atoms with Gasteiger partial charge in [-0.2, -0.15) is 4.98 Å². The first-order valence-electron chi connectivity index (χ1n) is 9.64. The second-order valence-electron chi connectivity index (χ2n) is 7.13. The molecule has 0 spiro atoms. The van der Waals surface area contributed by atoms with E-state index in [1.807, 2.05) is 11.5 Å². The van der Waals surface area contributed by atoms with Gasteiger partial charge in [-0.05, 0) is 32.1 Å². The van der Waals surface area contributed by atoms with E-state index in [2.05, 4.69) is 34.6 Å². The van der Waals surface area contributed by atoms with Crippen molar-refractivity contribution in [2.45, 2.75) is 50.6 Å². The molecule has 2 N–H and O–H groups in total. The summed E-state index contributed by atoms with van der Waals surface area (Å²) in [5, 5.41) is 12.9. The molecular formula is C18H27N6O2S2+. The maximum atomic E-state index is 12.6. The zero-order valence-corrected chi connectivity index (χ0v) is 18.2. The molecule has 0 radical (unpaired) electrons. The Bertz CT molecular complexity index is 893. The van der Waals surface area contributed by atoms with Crippen LogP contribution in [0, 0.1) is 0 Å². The van der Waals surface area contributed by atoms with Crippen molar-refractivity contribution in [3.8, 4) is 0 Å². The molecule has 2 heterocycles. The lowest BCUT2D eigenvalue weighted by atomic mass is 9.97. The predicted molar refractivity (Wildman–Crippen MR) is 111 cm³/mol. The van der Waals surface area contributed by atoms with Gasteiger partial charge in [-0.3, -0.25) is 14.7 Å². The summed E-state index contributed by atoms with van der Waals surface area (Å²) in [6.07, 6.45) is 4.80. The van der Waals surface area contributed by atoms with E-state index >= 15 is 0 Å². The third-order valence-electron chi connectivity index (χ3n) is 4.64. The molecule has 10 heteroatoms. The van der Waals surface area contributed by atoms with E-state index in [9.17, 15) is 9.59 Å². The Morgan fingerprint density at radius 3 is 2.79 bits per heavy atom. The molecule has 152 valence electrons. The van der Waals surface area contributed by atoms with Gasteiger partial charge >= 0.3 is 5.69 Å². The molecule has 0 bridgehead atoms. The van der Waals surface area contributed by atoms with Crippen molar-refractivity contribution in [3.63, 3.8) is 0 Å². The molecule has 28 heavy (non-hydrogen) atoms. The van der Waals surface area contributed by atoms with Crippen LogP contribution in [0.3, 0.4) is 0 Å². The smallest absolute Gasteiger partial charge is 0.338 e. The van der Waals surface area contributed by atoms with Crippen LogP contribution in [0.5, 0.6) is 0 Å². The van der Waals surface area contributed by atoms with Crippen molar-refractivity contribution in [3.05, 3.63) is 26.7 Å². The SMILES string of the molecule is CCc1nnc(NC(=O)CSc2nc(=O)n(CC[NH+](C)C)c3c2CCCC3)s1. The van der Waals surface area contributed by atoms with E-state index in [1.54, 1.807) is 0 Å². The van der Waals surface area contributed by atoms with Gasteiger partial charge in [0.2, 0.25) is 11.0 Å². The number of rotatable bonds is 8. The monoisotopic (exact) mass is 423 g/mol. The lowest BCUT2D eigenvalue weighted by Gasteiger charge is -2.22. The zero-order valence-electron chi connectivity index (χ0n) is 16.6. The fourth-order valence-electron chi connectivity index (χ4n) is 3.17. The average molecular weight is 424 g/mol. The zero-order chi connectivity index (χ0) is 20.1. The Morgan fingerprint density at radius 2 is 2.07 bits per heavy atom. The number of carbonyl (C=O) groups excluding carboxylic acids is 1. The highest BCUT2D eigenvalue weighted by atomic mass is 32.2. The first-order chi connectivity index (χ1) is 13.5. The van der Waals surface area contributed by atoms with Crippen LogP contribution in [0.4, 0.5) is 5.13 Å². The van der Waals surface area contributed by atoms with Crippen molar-refractivity contribution in [2.75, 3.05) is 31.7 Å². The van der Waals surface area contributed by atoms with Gasteiger partial charge in [0, 0.05) is 11.3 Å². The molecule has 2 aromatic heterocycles. The molecule has 3 rings (SSSR count). The number of aromatic nitrogens is 4. The lowest BCUT2D eigenvalue weighted by Crippen LogP contribution is -3.06. The third kappa shape index (κ3) is 5.18. The number of aryl methyl sites for hydroxylation is 1. The Morgan fingerprint density at radius 1 is 1.29 bits per heavy atom. The summed E-state index contributed by atoms with van der Waals surface area (Å²) in [6.45, 7) is 3.56. The van der Waals surface area contributed by atoms with Crippen LogP contribution in [0.25, 0.3) is 0 Å². The Kier molecular flexibility index (Phi) is 7.19. The van der Waals surface area contributed by atoms with Gasteiger partial charge in [0.25, 0.3) is 0 Å². The van der Waals surface area contributed by atoms with Crippen LogP contribution in [0.15, 0.2) is 9.82 Å². The van der Waals surface area contributed by atoms with Crippen LogP contribution in [0.2, 0.25) is 0 Å². The molecule has 0 fully saturated rings. The topological polar surface area (TPSA) is 94.2 Å². The maximum Gasteiger partial charge on any atom is 0.349 e. The second-order valence-corrected chi connectivity index (χ2v) is 9.16. The van der Waals surface area contributed by atoms with E-state index < -0.39 is 0 Å². The lowest BCUT2D eigenvalue weighted by molar-refractivity contribution is -0.859. The van der Waals surface area contributed by atoms with Crippen LogP contribution in [-0.4, -0.2) is 52.0 Å². The maximum absolute atomic E-state index is 12.6. The summed E-state index contributed by atoms with van der Waals surface area (Å²) in [6, 6.07) is 0. The van der Waals surface area contributed by atoms with Crippen LogP contribution < -0.4 is 15.9 Å². The van der Waals surface area contributed by atoms with Gasteiger partial charge in [0.15, 0.2) is 0 Å². The average Bonchev–Trinajstić information content (AvgIpc) is 3.13. The first kappa shape index (κ1) is 20.9. The summed E-state index contributed by atoms with van der Waals surface area (Å²) < 4.78 is 1.83. The van der Waals surface area contributed by atoms with Crippen molar-refractivity contribution < 1.29 is 9.69 Å². The van der Waals surface area contributed by atoms with Gasteiger partial charge < -0.3 is 4.90 Å². The van der Waals surface area contributed by atoms with Gasteiger partial charge in [0.05, 0.1) is 32.9 Å². The number of likely N-dealkylation sites (N-methyl/N-ethyl adjacent to an activating group) is 1. The molecular weight excluding hydrogens is 396 g/mol. The van der Waals surface area contributed by atoms with E-state index in [4.69, 9.17) is 0 Å². The summed E-state index contributed by atoms with van der Waals surface area (Å²) in [5.41, 5.74) is 2.04. The third-order valence-corrected chi connectivity index (χ3v) is 6.64. The molecule has 0 aromatic carbocycles. The predicted octanol–water partition coefficient (Wildman–Crippen LogP) is 0.411. The fourth-order valence-corrected chi connectivity index (χ4v) is 4.74. The Balaban J connectivity index is 1.72. The number of nitrogens with one attached hydrogen (secondary N) is 2. The van der Waals surface area contributed by atoms with Crippen LogP contribution >= 0.6 is 23.1 Å². The van der Waals surface area contributed by atoms with Crippen LogP contribution in [-0.2, 0) is 30.6 Å². The summed E-state index contributed by atoms with van der Waals surface area (Å²) >= 11 is 2.72. The summed E-state index contributed by atoms with van der Waals surface area (Å²) in [7, 11) is 4.16. The van der Waals surface area contributed by atoms with Crippen molar-refractivity contribution in [2.24, 2.45) is 0 Å². The first-order valence-corrected chi connectivity index (χ1v) is 11.4. The minimum atomic E-state index is -0.207. The normalized spacial score (nSPS) is 13.6. The second kappa shape index (κ2) is 9.62. The molecule has 8 nitrogen and oxygen atoms in total. The minimum Gasteiger partial charge on any atom is -0.338 e. The van der Waals surface area contributed by atoms with Crippen molar-refractivity contribution in [1.82, 2.24) is 19.7 Å². The number of quaternary nitrogens is 1. The van der Waals surface area contributed by atoms with Crippen molar-refractivity contribution >= 4 is 34.1 Å². The molecule has 1 amide bonds.